The molecule has 1 heterocycles. The Balaban J connectivity index is 1.75. The predicted molar refractivity (Wildman–Crippen MR) is 92.6 cm³/mol. The van der Waals surface area contributed by atoms with Crippen LogP contribution in [-0.4, -0.2) is 11.8 Å². The summed E-state index contributed by atoms with van der Waals surface area (Å²) in [6.45, 7) is 0. The molecule has 0 bridgehead atoms. The third-order valence-electron chi connectivity index (χ3n) is 4.35. The molecule has 0 N–H and O–H groups in total. The van der Waals surface area contributed by atoms with Crippen molar-refractivity contribution >= 4 is 34.1 Å². The third-order valence-corrected chi connectivity index (χ3v) is 4.60. The Labute approximate surface area is 143 Å². The van der Waals surface area contributed by atoms with Crippen LogP contribution in [0.25, 0.3) is 10.8 Å². The van der Waals surface area contributed by atoms with Crippen LogP contribution < -0.4 is 4.74 Å². The number of halogens is 1. The number of rotatable bonds is 2. The quantitative estimate of drug-likeness (QED) is 0.300. The zero-order valence-electron chi connectivity index (χ0n) is 12.7. The molecule has 0 fully saturated rings. The summed E-state index contributed by atoms with van der Waals surface area (Å²) in [5.41, 5.74) is 1.37. The molecule has 1 aliphatic heterocycles. The Morgan fingerprint density at radius 2 is 1.75 bits per heavy atom. The van der Waals surface area contributed by atoms with E-state index in [9.17, 15) is 9.59 Å². The number of benzene rings is 3. The van der Waals surface area contributed by atoms with Crippen molar-refractivity contribution in [3.8, 4) is 5.75 Å². The van der Waals surface area contributed by atoms with E-state index in [1.807, 2.05) is 30.3 Å². The van der Waals surface area contributed by atoms with Gasteiger partial charge >= 0.3 is 5.97 Å². The Kier molecular flexibility index (Phi) is 3.58. The van der Waals surface area contributed by atoms with Crippen LogP contribution in [0.2, 0.25) is 5.02 Å². The van der Waals surface area contributed by atoms with Gasteiger partial charge in [0.1, 0.15) is 11.7 Å². The van der Waals surface area contributed by atoms with Crippen LogP contribution in [0, 0.1) is 5.92 Å². The van der Waals surface area contributed by atoms with Gasteiger partial charge < -0.3 is 4.74 Å². The molecule has 0 unspecified atom stereocenters. The van der Waals surface area contributed by atoms with E-state index in [1.165, 1.54) is 0 Å². The summed E-state index contributed by atoms with van der Waals surface area (Å²) in [6, 6.07) is 18.2. The zero-order chi connectivity index (χ0) is 16.7. The molecule has 0 amide bonds. The van der Waals surface area contributed by atoms with Crippen molar-refractivity contribution < 1.29 is 14.3 Å². The molecule has 0 aliphatic carbocycles. The Morgan fingerprint density at radius 3 is 2.54 bits per heavy atom. The van der Waals surface area contributed by atoms with E-state index in [0.29, 0.717) is 22.8 Å². The monoisotopic (exact) mass is 336 g/mol. The van der Waals surface area contributed by atoms with Gasteiger partial charge in [-0.05, 0) is 47.5 Å². The van der Waals surface area contributed by atoms with Crippen LogP contribution in [0.3, 0.4) is 0 Å². The standard InChI is InChI=1S/C20H13ClO3/c21-14-8-5-13(6-9-14)19(22)17-11-16-15-4-2-1-3-12(15)7-10-18(16)24-20(17)23/h1-10,17H,11H2/t17-/m1/s1. The molecule has 4 heteroatoms. The summed E-state index contributed by atoms with van der Waals surface area (Å²) in [6.07, 6.45) is 0.344. The molecule has 3 aromatic carbocycles. The number of hydrogen-bond donors (Lipinski definition) is 0. The van der Waals surface area contributed by atoms with Crippen molar-refractivity contribution in [1.29, 1.82) is 0 Å². The van der Waals surface area contributed by atoms with Gasteiger partial charge in [0.2, 0.25) is 0 Å². The number of carbonyl (C=O) groups excluding carboxylic acids is 2. The van der Waals surface area contributed by atoms with E-state index >= 15 is 0 Å². The van der Waals surface area contributed by atoms with Gasteiger partial charge in [-0.3, -0.25) is 9.59 Å². The van der Waals surface area contributed by atoms with Crippen LogP contribution >= 0.6 is 11.6 Å². The normalized spacial score (nSPS) is 16.5. The van der Waals surface area contributed by atoms with Crippen LogP contribution in [-0.2, 0) is 11.2 Å². The van der Waals surface area contributed by atoms with Gasteiger partial charge in [-0.2, -0.15) is 0 Å². The SMILES string of the molecule is O=C1Oc2ccc3ccccc3c2C[C@@H]1C(=O)c1ccc(Cl)cc1. The lowest BCUT2D eigenvalue weighted by molar-refractivity contribution is -0.138. The Bertz CT molecular complexity index is 960. The molecule has 24 heavy (non-hydrogen) atoms. The Morgan fingerprint density at radius 1 is 1.00 bits per heavy atom. The lowest BCUT2D eigenvalue weighted by atomic mass is 9.87. The highest BCUT2D eigenvalue weighted by Gasteiger charge is 2.35. The molecule has 1 atom stereocenters. The molecule has 0 saturated carbocycles. The minimum Gasteiger partial charge on any atom is -0.426 e. The van der Waals surface area contributed by atoms with E-state index in [-0.39, 0.29) is 5.78 Å². The van der Waals surface area contributed by atoms with E-state index < -0.39 is 11.9 Å². The maximum Gasteiger partial charge on any atom is 0.322 e. The van der Waals surface area contributed by atoms with Crippen LogP contribution in [0.15, 0.2) is 60.7 Å². The van der Waals surface area contributed by atoms with Crippen LogP contribution in [0.5, 0.6) is 5.75 Å². The fraction of sp³-hybridized carbons (Fsp3) is 0.100. The minimum absolute atomic E-state index is 0.241. The number of ether oxygens (including phenoxy) is 1. The molecule has 3 aromatic rings. The number of esters is 1. The van der Waals surface area contributed by atoms with Crippen molar-refractivity contribution in [2.45, 2.75) is 6.42 Å². The molecular formula is C20H13ClO3. The molecular weight excluding hydrogens is 324 g/mol. The molecule has 4 rings (SSSR count). The summed E-state index contributed by atoms with van der Waals surface area (Å²) in [4.78, 5) is 25.0. The van der Waals surface area contributed by atoms with Crippen LogP contribution in [0.1, 0.15) is 15.9 Å². The molecule has 0 saturated heterocycles. The fourth-order valence-corrected chi connectivity index (χ4v) is 3.23. The summed E-state index contributed by atoms with van der Waals surface area (Å²) < 4.78 is 5.43. The molecule has 1 aliphatic rings. The molecule has 3 nitrogen and oxygen atoms in total. The van der Waals surface area contributed by atoms with Gasteiger partial charge in [-0.25, -0.2) is 0 Å². The van der Waals surface area contributed by atoms with Gasteiger partial charge in [0, 0.05) is 16.1 Å². The van der Waals surface area contributed by atoms with Crippen molar-refractivity contribution in [1.82, 2.24) is 0 Å². The van der Waals surface area contributed by atoms with E-state index in [4.69, 9.17) is 16.3 Å². The fourth-order valence-electron chi connectivity index (χ4n) is 3.10. The summed E-state index contributed by atoms with van der Waals surface area (Å²) in [7, 11) is 0. The number of ketones is 1. The van der Waals surface area contributed by atoms with Gasteiger partial charge in [0.05, 0.1) is 0 Å². The van der Waals surface area contributed by atoms with Gasteiger partial charge in [-0.1, -0.05) is 41.9 Å². The highest BCUT2D eigenvalue weighted by atomic mass is 35.5. The lowest BCUT2D eigenvalue weighted by Gasteiger charge is -2.24. The molecule has 118 valence electrons. The number of hydrogen-bond acceptors (Lipinski definition) is 3. The lowest BCUT2D eigenvalue weighted by Crippen LogP contribution is -2.34. The van der Waals surface area contributed by atoms with Crippen molar-refractivity contribution in [2.24, 2.45) is 5.92 Å². The summed E-state index contributed by atoms with van der Waals surface area (Å²) in [5, 5.41) is 2.62. The molecule has 0 spiro atoms. The first-order valence-electron chi connectivity index (χ1n) is 7.65. The predicted octanol–water partition coefficient (Wildman–Crippen LogP) is 4.45. The van der Waals surface area contributed by atoms with Crippen LogP contribution in [0.4, 0.5) is 0 Å². The average molecular weight is 337 g/mol. The minimum atomic E-state index is -0.829. The Hall–Kier alpha value is -2.65. The highest BCUT2D eigenvalue weighted by molar-refractivity contribution is 6.30. The summed E-state index contributed by atoms with van der Waals surface area (Å²) >= 11 is 5.86. The van der Waals surface area contributed by atoms with Crippen molar-refractivity contribution in [2.75, 3.05) is 0 Å². The maximum atomic E-state index is 12.7. The smallest absolute Gasteiger partial charge is 0.322 e. The first-order valence-corrected chi connectivity index (χ1v) is 8.03. The first-order chi connectivity index (χ1) is 11.6. The molecule has 0 radical (unpaired) electrons. The second-order valence-corrected chi connectivity index (χ2v) is 6.25. The van der Waals surface area contributed by atoms with E-state index in [0.717, 1.165) is 16.3 Å². The third kappa shape index (κ3) is 2.47. The van der Waals surface area contributed by atoms with Gasteiger partial charge in [0.15, 0.2) is 5.78 Å². The number of fused-ring (bicyclic) bond motifs is 3. The highest BCUT2D eigenvalue weighted by Crippen LogP contribution is 2.35. The van der Waals surface area contributed by atoms with Gasteiger partial charge in [0.25, 0.3) is 0 Å². The summed E-state index contributed by atoms with van der Waals surface area (Å²) in [5.74, 6) is -1.03. The zero-order valence-corrected chi connectivity index (χ0v) is 13.4. The number of Topliss-reactive ketones (excluding diaryl/α,β-unsaturated/α-hetero) is 1. The van der Waals surface area contributed by atoms with Crippen molar-refractivity contribution in [3.05, 3.63) is 76.8 Å². The van der Waals surface area contributed by atoms with E-state index in [1.54, 1.807) is 30.3 Å². The average Bonchev–Trinajstić information content (AvgIpc) is 2.61. The van der Waals surface area contributed by atoms with Gasteiger partial charge in [-0.15, -0.1) is 0 Å². The second kappa shape index (κ2) is 5.77. The molecule has 0 aromatic heterocycles. The first kappa shape index (κ1) is 14.9. The second-order valence-electron chi connectivity index (χ2n) is 5.81. The topological polar surface area (TPSA) is 43.4 Å². The maximum absolute atomic E-state index is 12.7. The number of carbonyl (C=O) groups is 2. The van der Waals surface area contributed by atoms with E-state index in [2.05, 4.69) is 0 Å². The largest absolute Gasteiger partial charge is 0.426 e. The van der Waals surface area contributed by atoms with Crippen molar-refractivity contribution in [3.63, 3.8) is 0 Å².